The van der Waals surface area contributed by atoms with E-state index in [1.165, 1.54) is 32.2 Å². The summed E-state index contributed by atoms with van der Waals surface area (Å²) in [5.41, 5.74) is 0.429. The lowest BCUT2D eigenvalue weighted by atomic mass is 9.74. The van der Waals surface area contributed by atoms with Gasteiger partial charge in [0.2, 0.25) is 5.88 Å². The van der Waals surface area contributed by atoms with Crippen LogP contribution in [0.1, 0.15) is 39.0 Å². The zero-order valence-electron chi connectivity index (χ0n) is 13.0. The average Bonchev–Trinajstić information content (AvgIpc) is 2.54. The summed E-state index contributed by atoms with van der Waals surface area (Å²) in [7, 11) is 0. The van der Waals surface area contributed by atoms with E-state index in [-0.39, 0.29) is 0 Å². The smallest absolute Gasteiger partial charge is 0.234 e. The first-order chi connectivity index (χ1) is 10.3. The molecule has 2 fully saturated rings. The van der Waals surface area contributed by atoms with Crippen LogP contribution in [0.15, 0.2) is 12.4 Å². The van der Waals surface area contributed by atoms with Crippen molar-refractivity contribution in [2.24, 2.45) is 5.41 Å². The predicted molar refractivity (Wildman–Crippen MR) is 83.8 cm³/mol. The van der Waals surface area contributed by atoms with E-state index in [1.54, 1.807) is 6.20 Å². The fourth-order valence-electron chi connectivity index (χ4n) is 3.55. The number of hydrogen-bond acceptors (Lipinski definition) is 5. The van der Waals surface area contributed by atoms with Gasteiger partial charge in [-0.15, -0.1) is 0 Å². The van der Waals surface area contributed by atoms with Gasteiger partial charge < -0.3 is 15.0 Å². The molecule has 0 aliphatic carbocycles. The minimum absolute atomic E-state index is 0.429. The van der Waals surface area contributed by atoms with Crippen LogP contribution in [0.4, 0.5) is 5.82 Å². The largest absolute Gasteiger partial charge is 0.477 e. The van der Waals surface area contributed by atoms with Crippen molar-refractivity contribution in [1.82, 2.24) is 15.3 Å². The minimum Gasteiger partial charge on any atom is -0.477 e. The Bertz CT molecular complexity index is 454. The van der Waals surface area contributed by atoms with Crippen molar-refractivity contribution in [3.8, 4) is 5.88 Å². The number of nitrogens with zero attached hydrogens (tertiary/aromatic N) is 3. The maximum absolute atomic E-state index is 5.61. The highest BCUT2D eigenvalue weighted by molar-refractivity contribution is 5.38. The lowest BCUT2D eigenvalue weighted by Crippen LogP contribution is -2.51. The molecule has 5 nitrogen and oxygen atoms in total. The van der Waals surface area contributed by atoms with Crippen LogP contribution in [0.3, 0.4) is 0 Å². The summed E-state index contributed by atoms with van der Waals surface area (Å²) in [6, 6.07) is 0. The molecule has 3 heterocycles. The molecule has 2 aliphatic rings. The van der Waals surface area contributed by atoms with Crippen molar-refractivity contribution >= 4 is 5.82 Å². The Morgan fingerprint density at radius 3 is 3.05 bits per heavy atom. The Morgan fingerprint density at radius 2 is 2.24 bits per heavy atom. The topological polar surface area (TPSA) is 50.3 Å². The third kappa shape index (κ3) is 3.46. The maximum atomic E-state index is 5.61. The first kappa shape index (κ1) is 14.6. The normalized spacial score (nSPS) is 26.0. The fourth-order valence-corrected chi connectivity index (χ4v) is 3.55. The van der Waals surface area contributed by atoms with Crippen LogP contribution < -0.4 is 15.0 Å². The van der Waals surface area contributed by atoms with E-state index >= 15 is 0 Å². The van der Waals surface area contributed by atoms with Crippen molar-refractivity contribution in [2.75, 3.05) is 37.7 Å². The van der Waals surface area contributed by atoms with E-state index in [1.807, 2.05) is 6.20 Å². The molecule has 1 atom stereocenters. The molecule has 5 heteroatoms. The molecule has 1 spiro atoms. The van der Waals surface area contributed by atoms with Crippen molar-refractivity contribution in [3.63, 3.8) is 0 Å². The van der Waals surface area contributed by atoms with Crippen LogP contribution in [0.5, 0.6) is 5.88 Å². The Balaban J connectivity index is 1.70. The van der Waals surface area contributed by atoms with Crippen LogP contribution in [-0.4, -0.2) is 42.8 Å². The summed E-state index contributed by atoms with van der Waals surface area (Å²) in [6.07, 6.45) is 9.76. The first-order valence-electron chi connectivity index (χ1n) is 8.22. The number of aromatic nitrogens is 2. The van der Waals surface area contributed by atoms with Crippen LogP contribution in [-0.2, 0) is 0 Å². The van der Waals surface area contributed by atoms with Crippen molar-refractivity contribution in [2.45, 2.75) is 39.0 Å². The number of rotatable bonds is 4. The molecular weight excluding hydrogens is 264 g/mol. The van der Waals surface area contributed by atoms with Gasteiger partial charge >= 0.3 is 0 Å². The monoisotopic (exact) mass is 290 g/mol. The quantitative estimate of drug-likeness (QED) is 0.921. The molecule has 1 unspecified atom stereocenters. The van der Waals surface area contributed by atoms with Crippen molar-refractivity contribution < 1.29 is 4.74 Å². The van der Waals surface area contributed by atoms with E-state index in [4.69, 9.17) is 4.74 Å². The SMILES string of the molecule is CCCOc1cncc(N2CCCC3(CCCNC3)C2)n1. The third-order valence-corrected chi connectivity index (χ3v) is 4.60. The molecule has 3 rings (SSSR count). The van der Waals surface area contributed by atoms with Gasteiger partial charge in [-0.2, -0.15) is 4.98 Å². The van der Waals surface area contributed by atoms with Crippen LogP contribution in [0, 0.1) is 5.41 Å². The molecule has 1 aromatic rings. The Labute approximate surface area is 127 Å². The minimum atomic E-state index is 0.429. The van der Waals surface area contributed by atoms with Gasteiger partial charge in [-0.05, 0) is 38.6 Å². The second kappa shape index (κ2) is 6.60. The number of piperidine rings is 2. The predicted octanol–water partition coefficient (Wildman–Crippen LogP) is 2.24. The Kier molecular flexibility index (Phi) is 4.58. The van der Waals surface area contributed by atoms with Gasteiger partial charge in [-0.1, -0.05) is 6.92 Å². The maximum Gasteiger partial charge on any atom is 0.234 e. The number of ether oxygens (including phenoxy) is 1. The van der Waals surface area contributed by atoms with E-state index in [2.05, 4.69) is 27.1 Å². The molecule has 0 radical (unpaired) electrons. The summed E-state index contributed by atoms with van der Waals surface area (Å²) in [6.45, 7) is 7.28. The molecule has 0 amide bonds. The van der Waals surface area contributed by atoms with Crippen LogP contribution in [0.25, 0.3) is 0 Å². The van der Waals surface area contributed by atoms with Gasteiger partial charge in [-0.25, -0.2) is 0 Å². The van der Waals surface area contributed by atoms with E-state index in [0.29, 0.717) is 17.9 Å². The second-order valence-electron chi connectivity index (χ2n) is 6.37. The number of anilines is 1. The standard InChI is InChI=1S/C16H26N4O/c1-2-9-21-15-11-18-10-14(19-15)20-8-4-6-16(13-20)5-3-7-17-12-16/h10-11,17H,2-9,12-13H2,1H3. The molecule has 1 N–H and O–H groups in total. The summed E-state index contributed by atoms with van der Waals surface area (Å²) < 4.78 is 5.61. The van der Waals surface area contributed by atoms with E-state index < -0.39 is 0 Å². The molecule has 0 saturated carbocycles. The van der Waals surface area contributed by atoms with Crippen LogP contribution >= 0.6 is 0 Å². The highest BCUT2D eigenvalue weighted by Crippen LogP contribution is 2.37. The summed E-state index contributed by atoms with van der Waals surface area (Å²) in [5, 5.41) is 3.57. The molecule has 21 heavy (non-hydrogen) atoms. The molecule has 1 aromatic heterocycles. The van der Waals surface area contributed by atoms with E-state index in [0.717, 1.165) is 31.9 Å². The lowest BCUT2D eigenvalue weighted by molar-refractivity contribution is 0.172. The fraction of sp³-hybridized carbons (Fsp3) is 0.750. The van der Waals surface area contributed by atoms with Gasteiger partial charge in [0.1, 0.15) is 0 Å². The zero-order valence-corrected chi connectivity index (χ0v) is 13.0. The molecule has 2 aliphatic heterocycles. The summed E-state index contributed by atoms with van der Waals surface area (Å²) >= 11 is 0. The highest BCUT2D eigenvalue weighted by Gasteiger charge is 2.37. The number of hydrogen-bond donors (Lipinski definition) is 1. The van der Waals surface area contributed by atoms with Gasteiger partial charge in [0.25, 0.3) is 0 Å². The number of nitrogens with one attached hydrogen (secondary N) is 1. The van der Waals surface area contributed by atoms with Gasteiger partial charge in [0, 0.05) is 25.0 Å². The lowest BCUT2D eigenvalue weighted by Gasteiger charge is -2.45. The molecule has 0 aromatic carbocycles. The average molecular weight is 290 g/mol. The van der Waals surface area contributed by atoms with Crippen molar-refractivity contribution in [3.05, 3.63) is 12.4 Å². The molecule has 116 valence electrons. The van der Waals surface area contributed by atoms with Gasteiger partial charge in [0.15, 0.2) is 5.82 Å². The molecule has 0 bridgehead atoms. The molecular formula is C16H26N4O. The summed E-state index contributed by atoms with van der Waals surface area (Å²) in [5.74, 6) is 1.61. The van der Waals surface area contributed by atoms with Gasteiger partial charge in [0.05, 0.1) is 19.0 Å². The third-order valence-electron chi connectivity index (χ3n) is 4.60. The highest BCUT2D eigenvalue weighted by atomic mass is 16.5. The Hall–Kier alpha value is -1.36. The summed E-state index contributed by atoms with van der Waals surface area (Å²) in [4.78, 5) is 11.3. The van der Waals surface area contributed by atoms with E-state index in [9.17, 15) is 0 Å². The van der Waals surface area contributed by atoms with Crippen molar-refractivity contribution in [1.29, 1.82) is 0 Å². The molecule has 2 saturated heterocycles. The van der Waals surface area contributed by atoms with Crippen LogP contribution in [0.2, 0.25) is 0 Å². The Morgan fingerprint density at radius 1 is 1.33 bits per heavy atom. The first-order valence-corrected chi connectivity index (χ1v) is 8.22. The zero-order chi connectivity index (χ0) is 14.5. The van der Waals surface area contributed by atoms with Gasteiger partial charge in [-0.3, -0.25) is 4.98 Å². The second-order valence-corrected chi connectivity index (χ2v) is 6.37.